The Morgan fingerprint density at radius 3 is 2.91 bits per heavy atom. The van der Waals surface area contributed by atoms with Gasteiger partial charge < -0.3 is 20.3 Å². The molecular weight excluding hydrogens is 472 g/mol. The van der Waals surface area contributed by atoms with Crippen molar-refractivity contribution in [3.8, 4) is 5.75 Å². The van der Waals surface area contributed by atoms with Gasteiger partial charge in [0.05, 0.1) is 29.0 Å². The molecule has 0 saturated carbocycles. The molecule has 10 heteroatoms. The molecule has 0 atom stereocenters. The molecule has 1 saturated heterocycles. The highest BCUT2D eigenvalue weighted by Crippen LogP contribution is 2.30. The summed E-state index contributed by atoms with van der Waals surface area (Å²) in [5, 5.41) is 16.3. The van der Waals surface area contributed by atoms with Gasteiger partial charge in [0.2, 0.25) is 5.91 Å². The van der Waals surface area contributed by atoms with Crippen LogP contribution in [0.1, 0.15) is 24.1 Å². The van der Waals surface area contributed by atoms with Gasteiger partial charge in [-0.05, 0) is 62.7 Å². The lowest BCUT2D eigenvalue weighted by atomic mass is 10.0. The number of benzene rings is 1. The lowest BCUT2D eigenvalue weighted by Crippen LogP contribution is -2.43. The number of hydrogen-bond donors (Lipinski definition) is 2. The highest BCUT2D eigenvalue weighted by molar-refractivity contribution is 8.00. The summed E-state index contributed by atoms with van der Waals surface area (Å²) >= 11 is 7.95. The van der Waals surface area contributed by atoms with Crippen LogP contribution in [0.3, 0.4) is 0 Å². The number of halogens is 1. The van der Waals surface area contributed by atoms with E-state index >= 15 is 0 Å². The Bertz CT molecular complexity index is 1200. The molecule has 8 nitrogen and oxygen atoms in total. The molecule has 178 valence electrons. The van der Waals surface area contributed by atoms with Crippen molar-refractivity contribution >= 4 is 46.0 Å². The zero-order chi connectivity index (χ0) is 23.5. The average Bonchev–Trinajstić information content (AvgIpc) is 2.87. The second kappa shape index (κ2) is 10.4. The Morgan fingerprint density at radius 2 is 2.09 bits per heavy atom. The fraction of sp³-hybridized carbons (Fsp3) is 0.417. The third-order valence-corrected chi connectivity index (χ3v) is 7.74. The Hall–Kier alpha value is -2.46. The third kappa shape index (κ3) is 5.27. The van der Waals surface area contributed by atoms with Crippen LogP contribution in [-0.4, -0.2) is 64.5 Å². The van der Waals surface area contributed by atoms with E-state index in [9.17, 15) is 4.79 Å². The number of pyridine rings is 1. The van der Waals surface area contributed by atoms with Crippen molar-refractivity contribution in [2.45, 2.75) is 36.7 Å². The number of amides is 1. The minimum atomic E-state index is 0.0125. The molecule has 0 spiro atoms. The highest BCUT2D eigenvalue weighted by atomic mass is 35.5. The third-order valence-electron chi connectivity index (χ3n) is 6.39. The smallest absolute Gasteiger partial charge is 0.235 e. The van der Waals surface area contributed by atoms with Gasteiger partial charge in [0.25, 0.3) is 0 Å². The first-order chi connectivity index (χ1) is 16.6. The predicted molar refractivity (Wildman–Crippen MR) is 135 cm³/mol. The van der Waals surface area contributed by atoms with Crippen LogP contribution in [0.15, 0.2) is 35.2 Å². The largest absolute Gasteiger partial charge is 0.497 e. The van der Waals surface area contributed by atoms with E-state index in [1.54, 1.807) is 7.11 Å². The van der Waals surface area contributed by atoms with Crippen LogP contribution in [0, 0.1) is 0 Å². The number of nitrogens with zero attached hydrogens (tertiary/aromatic N) is 4. The van der Waals surface area contributed by atoms with E-state index in [1.165, 1.54) is 11.8 Å². The van der Waals surface area contributed by atoms with E-state index < -0.39 is 0 Å². The van der Waals surface area contributed by atoms with Crippen LogP contribution < -0.4 is 15.4 Å². The molecule has 0 bridgehead atoms. The summed E-state index contributed by atoms with van der Waals surface area (Å²) in [6.45, 7) is 3.68. The lowest BCUT2D eigenvalue weighted by molar-refractivity contribution is -0.113. The second-order valence-corrected chi connectivity index (χ2v) is 9.96. The number of piperidine rings is 1. The number of carbonyl (C=O) groups is 1. The minimum Gasteiger partial charge on any atom is -0.497 e. The van der Waals surface area contributed by atoms with Gasteiger partial charge >= 0.3 is 0 Å². The SMILES string of the molecule is COc1ccc2nnc(Cl)c(CCN3CCC(NCc4ccc5c(n4)NC(=O)CS5)CC3)c2c1. The van der Waals surface area contributed by atoms with Gasteiger partial charge in [0.1, 0.15) is 11.6 Å². The number of nitrogens with one attached hydrogen (secondary N) is 2. The quantitative estimate of drug-likeness (QED) is 0.511. The maximum atomic E-state index is 11.6. The molecule has 3 aromatic rings. The summed E-state index contributed by atoms with van der Waals surface area (Å²) in [7, 11) is 1.66. The van der Waals surface area contributed by atoms with E-state index in [-0.39, 0.29) is 5.91 Å². The monoisotopic (exact) mass is 498 g/mol. The van der Waals surface area contributed by atoms with Gasteiger partial charge in [-0.15, -0.1) is 22.0 Å². The first-order valence-electron chi connectivity index (χ1n) is 11.5. The normalized spacial score (nSPS) is 16.9. The standard InChI is InChI=1S/C24H27ClN6O2S/c1-33-17-3-4-20-19(12-17)18(23(25)30-29-20)8-11-31-9-6-15(7-10-31)26-13-16-2-5-21-24(27-16)28-22(32)14-34-21/h2-5,12,15,26H,6-11,13-14H2,1H3,(H,27,28,32). The Kier molecular flexibility index (Phi) is 7.15. The summed E-state index contributed by atoms with van der Waals surface area (Å²) in [6, 6.07) is 10.3. The number of methoxy groups -OCH3 is 1. The van der Waals surface area contributed by atoms with Crippen molar-refractivity contribution in [2.75, 3.05) is 37.8 Å². The van der Waals surface area contributed by atoms with Crippen LogP contribution in [0.25, 0.3) is 10.9 Å². The van der Waals surface area contributed by atoms with Gasteiger partial charge in [-0.3, -0.25) is 4.79 Å². The van der Waals surface area contributed by atoms with Crippen molar-refractivity contribution in [3.63, 3.8) is 0 Å². The van der Waals surface area contributed by atoms with Gasteiger partial charge in [-0.25, -0.2) is 4.98 Å². The first kappa shape index (κ1) is 23.3. The number of carbonyl (C=O) groups excluding carboxylic acids is 1. The maximum absolute atomic E-state index is 11.6. The van der Waals surface area contributed by atoms with Crippen LogP contribution in [0.2, 0.25) is 5.15 Å². The first-order valence-corrected chi connectivity index (χ1v) is 12.8. The number of thioether (sulfide) groups is 1. The van der Waals surface area contributed by atoms with Crippen molar-refractivity contribution in [3.05, 3.63) is 46.7 Å². The van der Waals surface area contributed by atoms with E-state index in [2.05, 4.69) is 30.7 Å². The molecule has 2 N–H and O–H groups in total. The van der Waals surface area contributed by atoms with E-state index in [4.69, 9.17) is 16.3 Å². The zero-order valence-corrected chi connectivity index (χ0v) is 20.6. The molecule has 1 amide bonds. The summed E-state index contributed by atoms with van der Waals surface area (Å²) < 4.78 is 5.38. The van der Waals surface area contributed by atoms with E-state index in [1.807, 2.05) is 30.3 Å². The number of fused-ring (bicyclic) bond motifs is 2. The molecule has 1 aromatic carbocycles. The minimum absolute atomic E-state index is 0.0125. The number of likely N-dealkylation sites (tertiary alicyclic amines) is 1. The van der Waals surface area contributed by atoms with Crippen LogP contribution in [-0.2, 0) is 17.8 Å². The topological polar surface area (TPSA) is 92.3 Å². The van der Waals surface area contributed by atoms with Gasteiger partial charge in [-0.1, -0.05) is 11.6 Å². The summed E-state index contributed by atoms with van der Waals surface area (Å²) in [5.41, 5.74) is 2.80. The van der Waals surface area contributed by atoms with Gasteiger partial charge in [0.15, 0.2) is 5.15 Å². The molecule has 0 radical (unpaired) electrons. The molecule has 5 rings (SSSR count). The number of aromatic nitrogens is 3. The van der Waals surface area contributed by atoms with Crippen molar-refractivity contribution in [1.82, 2.24) is 25.4 Å². The number of anilines is 1. The van der Waals surface area contributed by atoms with Gasteiger partial charge in [-0.2, -0.15) is 0 Å². The molecule has 4 heterocycles. The predicted octanol–water partition coefficient (Wildman–Crippen LogP) is 3.53. The highest BCUT2D eigenvalue weighted by Gasteiger charge is 2.21. The molecular formula is C24H27ClN6O2S. The van der Waals surface area contributed by atoms with E-state index in [0.717, 1.165) is 71.7 Å². The summed E-state index contributed by atoms with van der Waals surface area (Å²) in [5.74, 6) is 1.95. The molecule has 0 aliphatic carbocycles. The number of ether oxygens (including phenoxy) is 1. The molecule has 34 heavy (non-hydrogen) atoms. The number of rotatable bonds is 7. The maximum Gasteiger partial charge on any atom is 0.235 e. The Labute approximate surface area is 207 Å². The fourth-order valence-electron chi connectivity index (χ4n) is 4.46. The zero-order valence-electron chi connectivity index (χ0n) is 19.0. The van der Waals surface area contributed by atoms with E-state index in [0.29, 0.717) is 29.3 Å². The molecule has 2 aliphatic rings. The Balaban J connectivity index is 1.13. The Morgan fingerprint density at radius 1 is 1.24 bits per heavy atom. The van der Waals surface area contributed by atoms with Crippen molar-refractivity contribution in [2.24, 2.45) is 0 Å². The van der Waals surface area contributed by atoms with Crippen LogP contribution in [0.4, 0.5) is 5.82 Å². The lowest BCUT2D eigenvalue weighted by Gasteiger charge is -2.32. The van der Waals surface area contributed by atoms with Crippen molar-refractivity contribution < 1.29 is 9.53 Å². The van der Waals surface area contributed by atoms with Crippen molar-refractivity contribution in [1.29, 1.82) is 0 Å². The molecule has 2 aliphatic heterocycles. The molecule has 2 aromatic heterocycles. The fourth-order valence-corrected chi connectivity index (χ4v) is 5.45. The summed E-state index contributed by atoms with van der Waals surface area (Å²) in [6.07, 6.45) is 2.97. The van der Waals surface area contributed by atoms with Crippen LogP contribution in [0.5, 0.6) is 5.75 Å². The second-order valence-electron chi connectivity index (χ2n) is 8.59. The number of hydrogen-bond acceptors (Lipinski definition) is 8. The molecule has 1 fully saturated rings. The van der Waals surface area contributed by atoms with Crippen LogP contribution >= 0.6 is 23.4 Å². The van der Waals surface area contributed by atoms with Gasteiger partial charge in [0, 0.05) is 30.1 Å². The average molecular weight is 499 g/mol. The molecule has 0 unspecified atom stereocenters. The summed E-state index contributed by atoms with van der Waals surface area (Å²) in [4.78, 5) is 19.7.